The van der Waals surface area contributed by atoms with Crippen molar-refractivity contribution in [2.45, 2.75) is 0 Å². The number of rotatable bonds is 3. The molecular weight excluding hydrogens is 254 g/mol. The molecular formula is C16H13NO3. The van der Waals surface area contributed by atoms with Gasteiger partial charge in [0.15, 0.2) is 0 Å². The Labute approximate surface area is 115 Å². The fourth-order valence-corrected chi connectivity index (χ4v) is 2.46. The number of ether oxygens (including phenoxy) is 1. The highest BCUT2D eigenvalue weighted by Crippen LogP contribution is 2.35. The second-order valence-electron chi connectivity index (χ2n) is 4.43. The standard InChI is InChI=1S/C16H13NO3/c1-20-14-7-6-11(10-4-2-3-5-12(10)14)13-8-9-17-15(13)16(18)19/h2-9,17H,1H3,(H,18,19). The van der Waals surface area contributed by atoms with Gasteiger partial charge < -0.3 is 14.8 Å². The van der Waals surface area contributed by atoms with E-state index in [0.717, 1.165) is 22.1 Å². The van der Waals surface area contributed by atoms with Crippen LogP contribution >= 0.6 is 0 Å². The number of aromatic amines is 1. The Morgan fingerprint density at radius 2 is 1.80 bits per heavy atom. The van der Waals surface area contributed by atoms with Gasteiger partial charge in [0.2, 0.25) is 0 Å². The topological polar surface area (TPSA) is 62.3 Å². The number of fused-ring (bicyclic) bond motifs is 1. The molecule has 0 aliphatic carbocycles. The van der Waals surface area contributed by atoms with Gasteiger partial charge in [0, 0.05) is 17.1 Å². The minimum atomic E-state index is -0.968. The van der Waals surface area contributed by atoms with Crippen LogP contribution in [-0.4, -0.2) is 23.2 Å². The van der Waals surface area contributed by atoms with Crippen LogP contribution in [0.15, 0.2) is 48.7 Å². The highest BCUT2D eigenvalue weighted by molar-refractivity contribution is 6.04. The summed E-state index contributed by atoms with van der Waals surface area (Å²) in [6.07, 6.45) is 1.64. The van der Waals surface area contributed by atoms with Crippen LogP contribution in [0.4, 0.5) is 0 Å². The fourth-order valence-electron chi connectivity index (χ4n) is 2.46. The Morgan fingerprint density at radius 3 is 2.50 bits per heavy atom. The predicted octanol–water partition coefficient (Wildman–Crippen LogP) is 3.54. The minimum absolute atomic E-state index is 0.195. The van der Waals surface area contributed by atoms with Crippen molar-refractivity contribution in [2.75, 3.05) is 7.11 Å². The van der Waals surface area contributed by atoms with Gasteiger partial charge in [-0.25, -0.2) is 4.79 Å². The van der Waals surface area contributed by atoms with Crippen molar-refractivity contribution in [3.05, 3.63) is 54.4 Å². The molecule has 3 rings (SSSR count). The molecule has 0 radical (unpaired) electrons. The molecule has 4 heteroatoms. The molecule has 2 N–H and O–H groups in total. The van der Waals surface area contributed by atoms with E-state index in [9.17, 15) is 9.90 Å². The van der Waals surface area contributed by atoms with E-state index in [1.165, 1.54) is 0 Å². The summed E-state index contributed by atoms with van der Waals surface area (Å²) in [5.41, 5.74) is 1.75. The summed E-state index contributed by atoms with van der Waals surface area (Å²) in [6.45, 7) is 0. The first-order valence-electron chi connectivity index (χ1n) is 6.19. The average molecular weight is 267 g/mol. The predicted molar refractivity (Wildman–Crippen MR) is 77.2 cm³/mol. The first-order valence-corrected chi connectivity index (χ1v) is 6.19. The van der Waals surface area contributed by atoms with E-state index in [0.29, 0.717) is 5.56 Å². The summed E-state index contributed by atoms with van der Waals surface area (Å²) in [5, 5.41) is 11.2. The highest BCUT2D eigenvalue weighted by atomic mass is 16.5. The number of hydrogen-bond donors (Lipinski definition) is 2. The van der Waals surface area contributed by atoms with Crippen LogP contribution < -0.4 is 4.74 Å². The summed E-state index contributed by atoms with van der Waals surface area (Å²) in [6, 6.07) is 13.3. The average Bonchev–Trinajstić information content (AvgIpc) is 2.95. The van der Waals surface area contributed by atoms with Crippen LogP contribution in [0.25, 0.3) is 21.9 Å². The Morgan fingerprint density at radius 1 is 1.05 bits per heavy atom. The molecule has 20 heavy (non-hydrogen) atoms. The van der Waals surface area contributed by atoms with Gasteiger partial charge in [0.25, 0.3) is 0 Å². The number of carboxylic acid groups (broad SMARTS) is 1. The molecule has 0 saturated heterocycles. The van der Waals surface area contributed by atoms with Crippen molar-refractivity contribution >= 4 is 16.7 Å². The summed E-state index contributed by atoms with van der Waals surface area (Å²) in [4.78, 5) is 14.0. The molecule has 4 nitrogen and oxygen atoms in total. The molecule has 0 amide bonds. The number of nitrogens with one attached hydrogen (secondary N) is 1. The molecule has 100 valence electrons. The number of hydrogen-bond acceptors (Lipinski definition) is 2. The number of methoxy groups -OCH3 is 1. The van der Waals surface area contributed by atoms with Gasteiger partial charge in [-0.3, -0.25) is 0 Å². The van der Waals surface area contributed by atoms with E-state index >= 15 is 0 Å². The first kappa shape index (κ1) is 12.3. The van der Waals surface area contributed by atoms with Gasteiger partial charge in [0.1, 0.15) is 11.4 Å². The molecule has 0 saturated carbocycles. The number of benzene rings is 2. The zero-order valence-electron chi connectivity index (χ0n) is 10.9. The Kier molecular flexibility index (Phi) is 2.91. The molecule has 1 aromatic heterocycles. The molecule has 0 fully saturated rings. The maximum Gasteiger partial charge on any atom is 0.352 e. The summed E-state index contributed by atoms with van der Waals surface area (Å²) in [7, 11) is 1.63. The van der Waals surface area contributed by atoms with Crippen LogP contribution in [0.1, 0.15) is 10.5 Å². The lowest BCUT2D eigenvalue weighted by Crippen LogP contribution is -1.99. The maximum absolute atomic E-state index is 11.3. The minimum Gasteiger partial charge on any atom is -0.496 e. The van der Waals surface area contributed by atoms with Crippen LogP contribution in [0, 0.1) is 0 Å². The van der Waals surface area contributed by atoms with Crippen molar-refractivity contribution in [1.29, 1.82) is 0 Å². The van der Waals surface area contributed by atoms with Gasteiger partial charge >= 0.3 is 5.97 Å². The quantitative estimate of drug-likeness (QED) is 0.763. The van der Waals surface area contributed by atoms with E-state index in [2.05, 4.69) is 4.98 Å². The van der Waals surface area contributed by atoms with E-state index in [1.807, 2.05) is 36.4 Å². The number of carbonyl (C=O) groups is 1. The number of H-pyrrole nitrogens is 1. The molecule has 3 aromatic rings. The smallest absolute Gasteiger partial charge is 0.352 e. The largest absolute Gasteiger partial charge is 0.496 e. The second kappa shape index (κ2) is 4.74. The molecule has 0 bridgehead atoms. The van der Waals surface area contributed by atoms with Crippen molar-refractivity contribution in [2.24, 2.45) is 0 Å². The van der Waals surface area contributed by atoms with E-state index < -0.39 is 5.97 Å². The van der Waals surface area contributed by atoms with Crippen molar-refractivity contribution in [3.8, 4) is 16.9 Å². The van der Waals surface area contributed by atoms with Crippen LogP contribution in [0.3, 0.4) is 0 Å². The molecule has 0 spiro atoms. The molecule has 1 heterocycles. The van der Waals surface area contributed by atoms with Crippen LogP contribution in [0.2, 0.25) is 0 Å². The molecule has 0 unspecified atom stereocenters. The third kappa shape index (κ3) is 1.82. The highest BCUT2D eigenvalue weighted by Gasteiger charge is 2.15. The fraction of sp³-hybridized carbons (Fsp3) is 0.0625. The van der Waals surface area contributed by atoms with Gasteiger partial charge in [0.05, 0.1) is 7.11 Å². The van der Waals surface area contributed by atoms with E-state index in [1.54, 1.807) is 19.4 Å². The summed E-state index contributed by atoms with van der Waals surface area (Å²) >= 11 is 0. The van der Waals surface area contributed by atoms with Crippen molar-refractivity contribution < 1.29 is 14.6 Å². The number of carboxylic acids is 1. The van der Waals surface area contributed by atoms with Crippen LogP contribution in [-0.2, 0) is 0 Å². The Balaban J connectivity index is 2.32. The number of aromatic carboxylic acids is 1. The zero-order valence-corrected chi connectivity index (χ0v) is 10.9. The molecule has 2 aromatic carbocycles. The summed E-state index contributed by atoms with van der Waals surface area (Å²) in [5.74, 6) is -0.193. The Hall–Kier alpha value is -2.75. The third-order valence-electron chi connectivity index (χ3n) is 3.36. The molecule has 0 aliphatic heterocycles. The molecule has 0 aliphatic rings. The van der Waals surface area contributed by atoms with Gasteiger partial charge in [-0.05, 0) is 29.1 Å². The Bertz CT molecular complexity index is 789. The van der Waals surface area contributed by atoms with Crippen molar-refractivity contribution in [3.63, 3.8) is 0 Å². The maximum atomic E-state index is 11.3. The third-order valence-corrected chi connectivity index (χ3v) is 3.36. The lowest BCUT2D eigenvalue weighted by molar-refractivity contribution is 0.0692. The molecule has 0 atom stereocenters. The lowest BCUT2D eigenvalue weighted by Gasteiger charge is -2.10. The monoisotopic (exact) mass is 267 g/mol. The second-order valence-corrected chi connectivity index (χ2v) is 4.43. The van der Waals surface area contributed by atoms with Gasteiger partial charge in [-0.1, -0.05) is 24.3 Å². The van der Waals surface area contributed by atoms with Crippen molar-refractivity contribution in [1.82, 2.24) is 4.98 Å². The van der Waals surface area contributed by atoms with E-state index in [-0.39, 0.29) is 5.69 Å². The van der Waals surface area contributed by atoms with Gasteiger partial charge in [-0.2, -0.15) is 0 Å². The summed E-state index contributed by atoms with van der Waals surface area (Å²) < 4.78 is 5.35. The van der Waals surface area contributed by atoms with Crippen LogP contribution in [0.5, 0.6) is 5.75 Å². The zero-order chi connectivity index (χ0) is 14.1. The van der Waals surface area contributed by atoms with Gasteiger partial charge in [-0.15, -0.1) is 0 Å². The first-order chi connectivity index (χ1) is 9.72. The number of aromatic nitrogens is 1. The van der Waals surface area contributed by atoms with E-state index in [4.69, 9.17) is 4.74 Å². The normalized spacial score (nSPS) is 10.7. The SMILES string of the molecule is COc1ccc(-c2cc[nH]c2C(=O)O)c2ccccc12. The lowest BCUT2D eigenvalue weighted by atomic mass is 9.98.